The number of aromatic nitrogens is 1. The van der Waals surface area contributed by atoms with Crippen LogP contribution in [0.3, 0.4) is 0 Å². The van der Waals surface area contributed by atoms with Crippen LogP contribution >= 0.6 is 22.9 Å². The standard InChI is InChI=1S/C19H20ClN3O4S2/c1-22(29(25,26)18-7-6-16(20)28-18)12-17(24)23-10-8-13(9-11-23)19-21-14-4-2-3-5-15(14)27-19/h2-7,13H,8-12H2,1H3. The van der Waals surface area contributed by atoms with Crippen molar-refractivity contribution in [2.45, 2.75) is 23.0 Å². The van der Waals surface area contributed by atoms with Crippen LogP contribution < -0.4 is 0 Å². The number of benzene rings is 1. The molecule has 0 aliphatic carbocycles. The molecule has 10 heteroatoms. The van der Waals surface area contributed by atoms with Gasteiger partial charge in [-0.05, 0) is 37.1 Å². The van der Waals surface area contributed by atoms with E-state index in [0.717, 1.165) is 39.6 Å². The predicted octanol–water partition coefficient (Wildman–Crippen LogP) is 3.57. The number of halogens is 1. The molecule has 1 aliphatic rings. The molecule has 2 aromatic heterocycles. The molecule has 29 heavy (non-hydrogen) atoms. The van der Waals surface area contributed by atoms with Gasteiger partial charge in [0.15, 0.2) is 11.5 Å². The van der Waals surface area contributed by atoms with Gasteiger partial charge in [0.05, 0.1) is 10.9 Å². The van der Waals surface area contributed by atoms with Gasteiger partial charge in [0, 0.05) is 26.1 Å². The summed E-state index contributed by atoms with van der Waals surface area (Å²) in [5, 5.41) is 0. The number of hydrogen-bond acceptors (Lipinski definition) is 6. The first kappa shape index (κ1) is 20.3. The molecule has 3 aromatic rings. The van der Waals surface area contributed by atoms with Crippen molar-refractivity contribution in [3.63, 3.8) is 0 Å². The minimum atomic E-state index is -3.73. The lowest BCUT2D eigenvalue weighted by Crippen LogP contribution is -2.44. The maximum Gasteiger partial charge on any atom is 0.252 e. The summed E-state index contributed by atoms with van der Waals surface area (Å²) in [5.74, 6) is 0.642. The fourth-order valence-electron chi connectivity index (χ4n) is 3.41. The van der Waals surface area contributed by atoms with Gasteiger partial charge in [0.25, 0.3) is 10.0 Å². The number of para-hydroxylation sites is 2. The van der Waals surface area contributed by atoms with E-state index >= 15 is 0 Å². The summed E-state index contributed by atoms with van der Waals surface area (Å²) in [6.45, 7) is 0.882. The molecule has 0 atom stereocenters. The van der Waals surface area contributed by atoms with Gasteiger partial charge >= 0.3 is 0 Å². The molecule has 1 amide bonds. The quantitative estimate of drug-likeness (QED) is 0.589. The number of hydrogen-bond donors (Lipinski definition) is 0. The lowest BCUT2D eigenvalue weighted by Gasteiger charge is -2.31. The van der Waals surface area contributed by atoms with E-state index < -0.39 is 10.0 Å². The first-order valence-electron chi connectivity index (χ1n) is 9.19. The lowest BCUT2D eigenvalue weighted by atomic mass is 9.97. The number of carbonyl (C=O) groups is 1. The number of rotatable bonds is 5. The van der Waals surface area contributed by atoms with Gasteiger partial charge in [-0.1, -0.05) is 23.7 Å². The lowest BCUT2D eigenvalue weighted by molar-refractivity contribution is -0.132. The number of sulfonamides is 1. The van der Waals surface area contributed by atoms with E-state index in [9.17, 15) is 13.2 Å². The number of piperidine rings is 1. The normalized spacial score (nSPS) is 16.0. The number of likely N-dealkylation sites (tertiary alicyclic amines) is 1. The van der Waals surface area contributed by atoms with E-state index in [-0.39, 0.29) is 22.6 Å². The van der Waals surface area contributed by atoms with Gasteiger partial charge in [-0.3, -0.25) is 4.79 Å². The average Bonchev–Trinajstić information content (AvgIpc) is 3.34. The predicted molar refractivity (Wildman–Crippen MR) is 112 cm³/mol. The van der Waals surface area contributed by atoms with Crippen molar-refractivity contribution in [1.82, 2.24) is 14.2 Å². The molecule has 0 bridgehead atoms. The highest BCUT2D eigenvalue weighted by Gasteiger charge is 2.30. The molecule has 7 nitrogen and oxygen atoms in total. The second kappa shape index (κ2) is 8.06. The minimum Gasteiger partial charge on any atom is -0.440 e. The molecular formula is C19H20ClN3O4S2. The second-order valence-electron chi connectivity index (χ2n) is 6.99. The van der Waals surface area contributed by atoms with Crippen LogP contribution in [0.1, 0.15) is 24.7 Å². The highest BCUT2D eigenvalue weighted by molar-refractivity contribution is 7.91. The fraction of sp³-hybridized carbons (Fsp3) is 0.368. The summed E-state index contributed by atoms with van der Waals surface area (Å²) < 4.78 is 32.6. The monoisotopic (exact) mass is 453 g/mol. The SMILES string of the molecule is CN(CC(=O)N1CCC(c2nc3ccccc3o2)CC1)S(=O)(=O)c1ccc(Cl)s1. The topological polar surface area (TPSA) is 83.7 Å². The maximum atomic E-state index is 12.6. The molecule has 0 spiro atoms. The van der Waals surface area contributed by atoms with Crippen LogP contribution in [-0.4, -0.2) is 55.2 Å². The summed E-state index contributed by atoms with van der Waals surface area (Å²) in [6, 6.07) is 10.6. The van der Waals surface area contributed by atoms with E-state index in [1.54, 1.807) is 4.90 Å². The molecule has 0 N–H and O–H groups in total. The molecule has 1 fully saturated rings. The van der Waals surface area contributed by atoms with E-state index in [2.05, 4.69) is 4.98 Å². The van der Waals surface area contributed by atoms with Crippen LogP contribution in [0.4, 0.5) is 0 Å². The first-order chi connectivity index (χ1) is 13.8. The number of likely N-dealkylation sites (N-methyl/N-ethyl adjacent to an activating group) is 1. The second-order valence-corrected chi connectivity index (χ2v) is 11.0. The highest BCUT2D eigenvalue weighted by atomic mass is 35.5. The molecule has 4 rings (SSSR count). The van der Waals surface area contributed by atoms with Crippen LogP contribution in [0.25, 0.3) is 11.1 Å². The Balaban J connectivity index is 1.36. The van der Waals surface area contributed by atoms with Gasteiger partial charge < -0.3 is 9.32 Å². The molecule has 1 aromatic carbocycles. The molecule has 154 valence electrons. The molecule has 1 saturated heterocycles. The Hall–Kier alpha value is -1.94. The van der Waals surface area contributed by atoms with Gasteiger partial charge in [-0.2, -0.15) is 4.31 Å². The molecule has 3 heterocycles. The van der Waals surface area contributed by atoms with Gasteiger partial charge in [-0.25, -0.2) is 13.4 Å². The third kappa shape index (κ3) is 4.18. The van der Waals surface area contributed by atoms with E-state index in [0.29, 0.717) is 23.3 Å². The Kier molecular flexibility index (Phi) is 5.65. The van der Waals surface area contributed by atoms with Crippen molar-refractivity contribution in [3.05, 3.63) is 46.6 Å². The van der Waals surface area contributed by atoms with Crippen molar-refractivity contribution in [3.8, 4) is 0 Å². The summed E-state index contributed by atoms with van der Waals surface area (Å²) in [7, 11) is -2.32. The number of thiophene rings is 1. The molecular weight excluding hydrogens is 434 g/mol. The first-order valence-corrected chi connectivity index (χ1v) is 11.8. The van der Waals surface area contributed by atoms with Gasteiger partial charge in [0.1, 0.15) is 9.73 Å². The Bertz CT molecular complexity index is 1100. The molecule has 0 unspecified atom stereocenters. The highest BCUT2D eigenvalue weighted by Crippen LogP contribution is 2.30. The summed E-state index contributed by atoms with van der Waals surface area (Å²) in [5.41, 5.74) is 1.60. The Morgan fingerprint density at radius 2 is 2.00 bits per heavy atom. The molecule has 0 radical (unpaired) electrons. The fourth-order valence-corrected chi connectivity index (χ4v) is 6.22. The average molecular weight is 454 g/mol. The number of nitrogens with zero attached hydrogens (tertiary/aromatic N) is 3. The van der Waals surface area contributed by atoms with Gasteiger partial charge in [0.2, 0.25) is 5.91 Å². The van der Waals surface area contributed by atoms with Crippen molar-refractivity contribution in [1.29, 1.82) is 0 Å². The van der Waals surface area contributed by atoms with Crippen molar-refractivity contribution >= 4 is 50.0 Å². The molecule has 0 saturated carbocycles. The van der Waals surface area contributed by atoms with Crippen LogP contribution in [0.5, 0.6) is 0 Å². The largest absolute Gasteiger partial charge is 0.440 e. The Labute approximate surface area is 177 Å². The third-order valence-corrected chi connectivity index (χ3v) is 8.58. The third-order valence-electron chi connectivity index (χ3n) is 5.08. The van der Waals surface area contributed by atoms with Crippen molar-refractivity contribution in [2.75, 3.05) is 26.7 Å². The number of fused-ring (bicyclic) bond motifs is 1. The van der Waals surface area contributed by atoms with E-state index in [4.69, 9.17) is 16.0 Å². The van der Waals surface area contributed by atoms with E-state index in [1.165, 1.54) is 19.2 Å². The summed E-state index contributed by atoms with van der Waals surface area (Å²) in [4.78, 5) is 18.9. The number of carbonyl (C=O) groups excluding carboxylic acids is 1. The van der Waals surface area contributed by atoms with Crippen LogP contribution in [0, 0.1) is 0 Å². The Morgan fingerprint density at radius 3 is 2.66 bits per heavy atom. The van der Waals surface area contributed by atoms with Crippen LogP contribution in [-0.2, 0) is 14.8 Å². The summed E-state index contributed by atoms with van der Waals surface area (Å²) in [6.07, 6.45) is 1.46. The maximum absolute atomic E-state index is 12.6. The number of amides is 1. The zero-order valence-electron chi connectivity index (χ0n) is 15.7. The van der Waals surface area contributed by atoms with Crippen LogP contribution in [0.2, 0.25) is 4.34 Å². The summed E-state index contributed by atoms with van der Waals surface area (Å²) >= 11 is 6.81. The van der Waals surface area contributed by atoms with Gasteiger partial charge in [-0.15, -0.1) is 11.3 Å². The van der Waals surface area contributed by atoms with Crippen molar-refractivity contribution < 1.29 is 17.6 Å². The zero-order chi connectivity index (χ0) is 20.6. The van der Waals surface area contributed by atoms with E-state index in [1.807, 2.05) is 24.3 Å². The zero-order valence-corrected chi connectivity index (χ0v) is 18.1. The smallest absolute Gasteiger partial charge is 0.252 e. The van der Waals surface area contributed by atoms with Crippen LogP contribution in [0.15, 0.2) is 45.0 Å². The number of oxazole rings is 1. The minimum absolute atomic E-state index is 0.132. The van der Waals surface area contributed by atoms with Crippen molar-refractivity contribution in [2.24, 2.45) is 0 Å². The Morgan fingerprint density at radius 1 is 1.28 bits per heavy atom. The molecule has 1 aliphatic heterocycles.